The lowest BCUT2D eigenvalue weighted by molar-refractivity contribution is 1.18. The number of anilines is 1. The van der Waals surface area contributed by atoms with E-state index in [-0.39, 0.29) is 0 Å². The van der Waals surface area contributed by atoms with E-state index >= 15 is 0 Å². The third kappa shape index (κ3) is 1.80. The molecule has 0 bridgehead atoms. The maximum atomic E-state index is 5.67. The fourth-order valence-electron chi connectivity index (χ4n) is 0.905. The van der Waals surface area contributed by atoms with Crippen LogP contribution in [0.15, 0.2) is 23.7 Å². The highest BCUT2D eigenvalue weighted by atomic mass is 127. The van der Waals surface area contributed by atoms with Crippen LogP contribution in [-0.2, 0) is 0 Å². The SMILES string of the molecule is Nc1nc(-c2cccs2)ncc1I. The van der Waals surface area contributed by atoms with Gasteiger partial charge in [0, 0.05) is 6.20 Å². The van der Waals surface area contributed by atoms with Crippen LogP contribution in [0.5, 0.6) is 0 Å². The van der Waals surface area contributed by atoms with Gasteiger partial charge in [-0.1, -0.05) is 6.07 Å². The summed E-state index contributed by atoms with van der Waals surface area (Å²) in [6.07, 6.45) is 1.73. The first kappa shape index (κ1) is 8.89. The number of nitrogens with zero attached hydrogens (tertiary/aromatic N) is 2. The van der Waals surface area contributed by atoms with Crippen molar-refractivity contribution in [1.82, 2.24) is 9.97 Å². The minimum Gasteiger partial charge on any atom is -0.383 e. The fraction of sp³-hybridized carbons (Fsp3) is 0. The molecule has 0 aliphatic heterocycles. The maximum Gasteiger partial charge on any atom is 0.171 e. The van der Waals surface area contributed by atoms with Gasteiger partial charge < -0.3 is 5.73 Å². The lowest BCUT2D eigenvalue weighted by atomic mass is 10.4. The molecule has 13 heavy (non-hydrogen) atoms. The summed E-state index contributed by atoms with van der Waals surface area (Å²) in [4.78, 5) is 9.42. The summed E-state index contributed by atoms with van der Waals surface area (Å²) in [5, 5.41) is 1.99. The molecule has 0 saturated heterocycles. The quantitative estimate of drug-likeness (QED) is 0.823. The van der Waals surface area contributed by atoms with Crippen LogP contribution in [0, 0.1) is 3.57 Å². The standard InChI is InChI=1S/C8H6IN3S/c9-5-4-11-8(12-7(5)10)6-2-1-3-13-6/h1-4H,(H2,10,11,12). The van der Waals surface area contributed by atoms with Crippen molar-refractivity contribution in [3.8, 4) is 10.7 Å². The largest absolute Gasteiger partial charge is 0.383 e. The van der Waals surface area contributed by atoms with Crippen molar-refractivity contribution >= 4 is 39.7 Å². The Labute approximate surface area is 93.2 Å². The highest BCUT2D eigenvalue weighted by Crippen LogP contribution is 2.22. The molecular weight excluding hydrogens is 297 g/mol. The zero-order valence-electron chi connectivity index (χ0n) is 6.57. The molecule has 3 nitrogen and oxygen atoms in total. The first-order valence-corrected chi connectivity index (χ1v) is 5.55. The molecule has 0 amide bonds. The van der Waals surface area contributed by atoms with E-state index in [1.54, 1.807) is 17.5 Å². The summed E-state index contributed by atoms with van der Waals surface area (Å²) in [6.45, 7) is 0. The lowest BCUT2D eigenvalue weighted by Gasteiger charge is -1.98. The van der Waals surface area contributed by atoms with E-state index in [0.717, 1.165) is 8.45 Å². The van der Waals surface area contributed by atoms with Gasteiger partial charge in [-0.05, 0) is 34.0 Å². The minimum absolute atomic E-state index is 0.541. The van der Waals surface area contributed by atoms with Gasteiger partial charge in [0.25, 0.3) is 0 Å². The molecule has 2 aromatic heterocycles. The zero-order chi connectivity index (χ0) is 9.26. The molecule has 2 aromatic rings. The molecule has 0 fully saturated rings. The first-order valence-electron chi connectivity index (χ1n) is 3.59. The summed E-state index contributed by atoms with van der Waals surface area (Å²) in [7, 11) is 0. The van der Waals surface area contributed by atoms with E-state index in [1.165, 1.54) is 0 Å². The average Bonchev–Trinajstić information content (AvgIpc) is 2.62. The number of hydrogen-bond acceptors (Lipinski definition) is 4. The van der Waals surface area contributed by atoms with Gasteiger partial charge in [-0.3, -0.25) is 0 Å². The third-order valence-electron chi connectivity index (χ3n) is 1.51. The highest BCUT2D eigenvalue weighted by molar-refractivity contribution is 14.1. The van der Waals surface area contributed by atoms with Crippen LogP contribution in [0.3, 0.4) is 0 Å². The smallest absolute Gasteiger partial charge is 0.171 e. The van der Waals surface area contributed by atoms with Gasteiger partial charge in [0.1, 0.15) is 5.82 Å². The summed E-state index contributed by atoms with van der Waals surface area (Å²) in [5.74, 6) is 1.24. The van der Waals surface area contributed by atoms with E-state index in [0.29, 0.717) is 11.6 Å². The highest BCUT2D eigenvalue weighted by Gasteiger charge is 2.04. The summed E-state index contributed by atoms with van der Waals surface area (Å²) in [5.41, 5.74) is 5.67. The monoisotopic (exact) mass is 303 g/mol. The lowest BCUT2D eigenvalue weighted by Crippen LogP contribution is -1.97. The molecule has 2 N–H and O–H groups in total. The van der Waals surface area contributed by atoms with Gasteiger partial charge in [0.15, 0.2) is 5.82 Å². The van der Waals surface area contributed by atoms with Crippen molar-refractivity contribution in [3.05, 3.63) is 27.3 Å². The number of halogens is 1. The van der Waals surface area contributed by atoms with E-state index in [4.69, 9.17) is 5.73 Å². The summed E-state index contributed by atoms with van der Waals surface area (Å²) >= 11 is 3.72. The van der Waals surface area contributed by atoms with Crippen molar-refractivity contribution < 1.29 is 0 Å². The second-order valence-corrected chi connectivity index (χ2v) is 4.51. The molecule has 66 valence electrons. The number of rotatable bonds is 1. The Morgan fingerprint density at radius 3 is 2.92 bits per heavy atom. The Morgan fingerprint density at radius 1 is 1.46 bits per heavy atom. The topological polar surface area (TPSA) is 51.8 Å². The number of thiophene rings is 1. The van der Waals surface area contributed by atoms with E-state index in [1.807, 2.05) is 17.5 Å². The normalized spacial score (nSPS) is 10.2. The van der Waals surface area contributed by atoms with Gasteiger partial charge in [0.2, 0.25) is 0 Å². The third-order valence-corrected chi connectivity index (χ3v) is 3.21. The molecule has 0 atom stereocenters. The van der Waals surface area contributed by atoms with Crippen LogP contribution in [0.4, 0.5) is 5.82 Å². The van der Waals surface area contributed by atoms with E-state index in [9.17, 15) is 0 Å². The van der Waals surface area contributed by atoms with Gasteiger partial charge in [-0.15, -0.1) is 11.3 Å². The Hall–Kier alpha value is -0.690. The molecule has 0 aliphatic carbocycles. The molecule has 2 heterocycles. The molecule has 0 radical (unpaired) electrons. The molecule has 0 aliphatic rings. The molecule has 0 aromatic carbocycles. The Balaban J connectivity index is 2.49. The number of nitrogens with two attached hydrogens (primary N) is 1. The Morgan fingerprint density at radius 2 is 2.31 bits per heavy atom. The maximum absolute atomic E-state index is 5.67. The fourth-order valence-corrected chi connectivity index (χ4v) is 1.83. The van der Waals surface area contributed by atoms with Crippen molar-refractivity contribution in [1.29, 1.82) is 0 Å². The van der Waals surface area contributed by atoms with Gasteiger partial charge in [0.05, 0.1) is 8.45 Å². The van der Waals surface area contributed by atoms with Crippen LogP contribution < -0.4 is 5.73 Å². The van der Waals surface area contributed by atoms with Gasteiger partial charge >= 0.3 is 0 Å². The second-order valence-electron chi connectivity index (χ2n) is 2.40. The van der Waals surface area contributed by atoms with Crippen molar-refractivity contribution in [3.63, 3.8) is 0 Å². The van der Waals surface area contributed by atoms with E-state index in [2.05, 4.69) is 32.6 Å². The first-order chi connectivity index (χ1) is 6.27. The molecule has 2 rings (SSSR count). The average molecular weight is 303 g/mol. The van der Waals surface area contributed by atoms with Crippen molar-refractivity contribution in [2.75, 3.05) is 5.73 Å². The number of nitrogen functional groups attached to an aromatic ring is 1. The zero-order valence-corrected chi connectivity index (χ0v) is 9.54. The van der Waals surface area contributed by atoms with Gasteiger partial charge in [-0.2, -0.15) is 0 Å². The van der Waals surface area contributed by atoms with Gasteiger partial charge in [-0.25, -0.2) is 9.97 Å². The molecule has 0 spiro atoms. The Bertz CT molecular complexity index is 413. The summed E-state index contributed by atoms with van der Waals surface area (Å²) < 4.78 is 0.887. The van der Waals surface area contributed by atoms with Crippen molar-refractivity contribution in [2.24, 2.45) is 0 Å². The number of aromatic nitrogens is 2. The van der Waals surface area contributed by atoms with E-state index < -0.39 is 0 Å². The second kappa shape index (κ2) is 3.59. The molecule has 0 saturated carbocycles. The van der Waals surface area contributed by atoms with Crippen LogP contribution in [0.25, 0.3) is 10.7 Å². The van der Waals surface area contributed by atoms with Crippen LogP contribution in [0.2, 0.25) is 0 Å². The summed E-state index contributed by atoms with van der Waals surface area (Å²) in [6, 6.07) is 3.95. The van der Waals surface area contributed by atoms with Crippen LogP contribution >= 0.6 is 33.9 Å². The Kier molecular flexibility index (Phi) is 2.45. The van der Waals surface area contributed by atoms with Crippen LogP contribution in [-0.4, -0.2) is 9.97 Å². The molecule has 0 unspecified atom stereocenters. The predicted octanol–water partition coefficient (Wildman–Crippen LogP) is 2.39. The van der Waals surface area contributed by atoms with Crippen LogP contribution in [0.1, 0.15) is 0 Å². The predicted molar refractivity (Wildman–Crippen MR) is 62.5 cm³/mol. The number of hydrogen-bond donors (Lipinski definition) is 1. The minimum atomic E-state index is 0.541. The molecule has 5 heteroatoms. The van der Waals surface area contributed by atoms with Crippen molar-refractivity contribution in [2.45, 2.75) is 0 Å². The molecular formula is C8H6IN3S.